The average molecular weight is 405 g/mol. The number of aromatic nitrogens is 4. The van der Waals surface area contributed by atoms with Crippen LogP contribution in [0.2, 0.25) is 0 Å². The molecular formula is C25H19N5O. The van der Waals surface area contributed by atoms with Gasteiger partial charge in [-0.05, 0) is 39.9 Å². The fourth-order valence-electron chi connectivity index (χ4n) is 4.58. The average Bonchev–Trinajstić information content (AvgIpc) is 3.51. The van der Waals surface area contributed by atoms with Crippen LogP contribution in [0.1, 0.15) is 27.5 Å². The molecule has 0 saturated heterocycles. The molecule has 6 heteroatoms. The standard InChI is InChI=1S/C25H19N5O/c1-30-14-15(13-28-30)16-7-4-8-21-22(16)17-5-2-3-6-18(17)23(21)29-25(31)20-10-12-27-24-19(20)9-11-26-24/h2-14,23H,1H3,(H,26,27)(H,29,31). The van der Waals surface area contributed by atoms with Gasteiger partial charge in [-0.1, -0.05) is 42.5 Å². The van der Waals surface area contributed by atoms with E-state index in [0.717, 1.165) is 38.8 Å². The summed E-state index contributed by atoms with van der Waals surface area (Å²) in [6.07, 6.45) is 7.35. The molecule has 0 aliphatic heterocycles. The minimum Gasteiger partial charge on any atom is -0.346 e. The van der Waals surface area contributed by atoms with Gasteiger partial charge < -0.3 is 10.3 Å². The lowest BCUT2D eigenvalue weighted by molar-refractivity contribution is 0.0945. The fourth-order valence-corrected chi connectivity index (χ4v) is 4.58. The Hall–Kier alpha value is -4.19. The molecule has 5 aromatic rings. The van der Waals surface area contributed by atoms with Crippen LogP contribution in [0.3, 0.4) is 0 Å². The number of amides is 1. The lowest BCUT2D eigenvalue weighted by atomic mass is 9.96. The number of aromatic amines is 1. The third-order valence-corrected chi connectivity index (χ3v) is 5.94. The van der Waals surface area contributed by atoms with Gasteiger partial charge >= 0.3 is 0 Å². The number of carbonyl (C=O) groups excluding carboxylic acids is 1. The molecule has 31 heavy (non-hydrogen) atoms. The van der Waals surface area contributed by atoms with Crippen molar-refractivity contribution >= 4 is 16.9 Å². The van der Waals surface area contributed by atoms with Crippen LogP contribution in [0, 0.1) is 0 Å². The minimum absolute atomic E-state index is 0.119. The predicted octanol–water partition coefficient (Wildman–Crippen LogP) is 4.46. The summed E-state index contributed by atoms with van der Waals surface area (Å²) in [4.78, 5) is 20.7. The minimum atomic E-state index is -0.225. The van der Waals surface area contributed by atoms with E-state index < -0.39 is 0 Å². The largest absolute Gasteiger partial charge is 0.346 e. The maximum Gasteiger partial charge on any atom is 0.252 e. The highest BCUT2D eigenvalue weighted by Gasteiger charge is 2.32. The topological polar surface area (TPSA) is 75.6 Å². The highest BCUT2D eigenvalue weighted by molar-refractivity contribution is 6.06. The zero-order valence-electron chi connectivity index (χ0n) is 16.8. The van der Waals surface area contributed by atoms with Crippen molar-refractivity contribution in [3.63, 3.8) is 0 Å². The van der Waals surface area contributed by atoms with Gasteiger partial charge in [0.05, 0.1) is 17.8 Å². The number of pyridine rings is 1. The number of benzene rings is 2. The SMILES string of the molecule is Cn1cc(-c2cccc3c2-c2ccccc2C3NC(=O)c2ccnc3[nH]ccc23)cn1. The molecule has 0 radical (unpaired) electrons. The summed E-state index contributed by atoms with van der Waals surface area (Å²) in [5.41, 5.74) is 7.98. The Morgan fingerprint density at radius 1 is 1.03 bits per heavy atom. The normalized spacial score (nSPS) is 14.4. The molecule has 150 valence electrons. The molecule has 2 N–H and O–H groups in total. The van der Waals surface area contributed by atoms with Crippen molar-refractivity contribution in [1.82, 2.24) is 25.1 Å². The number of nitrogens with zero attached hydrogens (tertiary/aromatic N) is 3. The first-order valence-electron chi connectivity index (χ1n) is 10.1. The van der Waals surface area contributed by atoms with E-state index in [1.807, 2.05) is 43.7 Å². The van der Waals surface area contributed by atoms with Gasteiger partial charge in [-0.25, -0.2) is 4.98 Å². The van der Waals surface area contributed by atoms with E-state index in [0.29, 0.717) is 11.2 Å². The van der Waals surface area contributed by atoms with Crippen LogP contribution in [0.4, 0.5) is 0 Å². The molecule has 3 aromatic heterocycles. The van der Waals surface area contributed by atoms with Crippen molar-refractivity contribution in [2.45, 2.75) is 6.04 Å². The Kier molecular flexibility index (Phi) is 3.80. The number of nitrogens with one attached hydrogen (secondary N) is 2. The van der Waals surface area contributed by atoms with Crippen molar-refractivity contribution < 1.29 is 4.79 Å². The van der Waals surface area contributed by atoms with Crippen LogP contribution in [0.15, 0.2) is 79.4 Å². The summed E-state index contributed by atoms with van der Waals surface area (Å²) in [5.74, 6) is -0.119. The van der Waals surface area contributed by atoms with Crippen LogP contribution in [0.25, 0.3) is 33.3 Å². The molecule has 2 aromatic carbocycles. The number of carbonyl (C=O) groups is 1. The molecule has 6 rings (SSSR count). The lowest BCUT2D eigenvalue weighted by Crippen LogP contribution is -2.28. The fraction of sp³-hybridized carbons (Fsp3) is 0.0800. The van der Waals surface area contributed by atoms with E-state index in [-0.39, 0.29) is 11.9 Å². The quantitative estimate of drug-likeness (QED) is 0.465. The Morgan fingerprint density at radius 2 is 1.87 bits per heavy atom. The summed E-state index contributed by atoms with van der Waals surface area (Å²) < 4.78 is 1.81. The lowest BCUT2D eigenvalue weighted by Gasteiger charge is -2.17. The molecule has 1 atom stereocenters. The maximum absolute atomic E-state index is 13.3. The Bertz CT molecular complexity index is 1460. The smallest absolute Gasteiger partial charge is 0.252 e. The van der Waals surface area contributed by atoms with Gasteiger partial charge in [0.1, 0.15) is 5.65 Å². The molecule has 1 unspecified atom stereocenters. The first kappa shape index (κ1) is 17.7. The number of hydrogen-bond donors (Lipinski definition) is 2. The van der Waals surface area contributed by atoms with Crippen molar-refractivity contribution in [2.24, 2.45) is 7.05 Å². The third-order valence-electron chi connectivity index (χ3n) is 5.94. The van der Waals surface area contributed by atoms with Crippen LogP contribution in [-0.4, -0.2) is 25.7 Å². The second-order valence-electron chi connectivity index (χ2n) is 7.76. The molecule has 6 nitrogen and oxygen atoms in total. The molecule has 1 aliphatic rings. The van der Waals surface area contributed by atoms with Crippen LogP contribution >= 0.6 is 0 Å². The molecule has 0 saturated carbocycles. The van der Waals surface area contributed by atoms with Crippen molar-refractivity contribution in [3.05, 3.63) is 96.1 Å². The number of H-pyrrole nitrogens is 1. The van der Waals surface area contributed by atoms with Gasteiger partial charge in [-0.15, -0.1) is 0 Å². The highest BCUT2D eigenvalue weighted by atomic mass is 16.1. The maximum atomic E-state index is 13.3. The van der Waals surface area contributed by atoms with E-state index in [1.165, 1.54) is 0 Å². The second-order valence-corrected chi connectivity index (χ2v) is 7.76. The number of hydrogen-bond acceptors (Lipinski definition) is 3. The van der Waals surface area contributed by atoms with E-state index in [4.69, 9.17) is 0 Å². The van der Waals surface area contributed by atoms with E-state index in [9.17, 15) is 4.79 Å². The summed E-state index contributed by atoms with van der Waals surface area (Å²) in [7, 11) is 1.92. The van der Waals surface area contributed by atoms with Crippen LogP contribution < -0.4 is 5.32 Å². The Labute approximate surface area is 178 Å². The van der Waals surface area contributed by atoms with Crippen LogP contribution in [0.5, 0.6) is 0 Å². The van der Waals surface area contributed by atoms with Gasteiger partial charge in [-0.2, -0.15) is 5.10 Å². The summed E-state index contributed by atoms with van der Waals surface area (Å²) >= 11 is 0. The van der Waals surface area contributed by atoms with E-state index >= 15 is 0 Å². The Morgan fingerprint density at radius 3 is 2.74 bits per heavy atom. The summed E-state index contributed by atoms with van der Waals surface area (Å²) in [6.45, 7) is 0. The van der Waals surface area contributed by atoms with Crippen molar-refractivity contribution in [1.29, 1.82) is 0 Å². The Balaban J connectivity index is 1.47. The van der Waals surface area contributed by atoms with Gasteiger partial charge in [0, 0.05) is 36.6 Å². The number of fused-ring (bicyclic) bond motifs is 4. The first-order valence-corrected chi connectivity index (χ1v) is 10.1. The van der Waals surface area contributed by atoms with Gasteiger partial charge in [-0.3, -0.25) is 9.48 Å². The zero-order chi connectivity index (χ0) is 20.9. The van der Waals surface area contributed by atoms with Crippen molar-refractivity contribution in [3.8, 4) is 22.3 Å². The third kappa shape index (κ3) is 2.69. The van der Waals surface area contributed by atoms with Crippen molar-refractivity contribution in [2.75, 3.05) is 0 Å². The van der Waals surface area contributed by atoms with E-state index in [2.05, 4.69) is 44.6 Å². The predicted molar refractivity (Wildman–Crippen MR) is 119 cm³/mol. The monoisotopic (exact) mass is 405 g/mol. The molecule has 0 fully saturated rings. The van der Waals surface area contributed by atoms with Gasteiger partial charge in [0.15, 0.2) is 0 Å². The molecule has 1 amide bonds. The zero-order valence-corrected chi connectivity index (χ0v) is 16.8. The molecule has 1 aliphatic carbocycles. The van der Waals surface area contributed by atoms with E-state index in [1.54, 1.807) is 23.1 Å². The molecule has 3 heterocycles. The number of rotatable bonds is 3. The number of aryl methyl sites for hydroxylation is 1. The van der Waals surface area contributed by atoms with Crippen LogP contribution in [-0.2, 0) is 7.05 Å². The summed E-state index contributed by atoms with van der Waals surface area (Å²) in [6, 6.07) is 17.9. The second kappa shape index (κ2) is 6.67. The first-order chi connectivity index (χ1) is 15.2. The molecule has 0 bridgehead atoms. The summed E-state index contributed by atoms with van der Waals surface area (Å²) in [5, 5.41) is 8.43. The molecule has 0 spiro atoms. The molecular weight excluding hydrogens is 386 g/mol. The van der Waals surface area contributed by atoms with Gasteiger partial charge in [0.2, 0.25) is 0 Å². The van der Waals surface area contributed by atoms with Gasteiger partial charge in [0.25, 0.3) is 5.91 Å². The highest BCUT2D eigenvalue weighted by Crippen LogP contribution is 2.47.